The fourth-order valence-corrected chi connectivity index (χ4v) is 2.32. The number of nitrogens with two attached hydrogens (primary N) is 1. The van der Waals surface area contributed by atoms with Gasteiger partial charge in [0.25, 0.3) is 0 Å². The molecule has 0 fully saturated rings. The fraction of sp³-hybridized carbons (Fsp3) is 0.278. The van der Waals surface area contributed by atoms with Crippen LogP contribution in [0.2, 0.25) is 0 Å². The van der Waals surface area contributed by atoms with E-state index in [0.29, 0.717) is 18.2 Å². The van der Waals surface area contributed by atoms with Crippen molar-refractivity contribution in [3.63, 3.8) is 0 Å². The van der Waals surface area contributed by atoms with Crippen molar-refractivity contribution in [2.24, 2.45) is 5.73 Å². The Hall–Kier alpha value is -2.07. The van der Waals surface area contributed by atoms with Crippen LogP contribution in [0.4, 0.5) is 0 Å². The molecule has 0 aliphatic carbocycles. The van der Waals surface area contributed by atoms with Gasteiger partial charge in [-0.25, -0.2) is 0 Å². The van der Waals surface area contributed by atoms with Crippen LogP contribution >= 0.6 is 12.2 Å². The molecule has 0 amide bonds. The van der Waals surface area contributed by atoms with E-state index in [1.54, 1.807) is 0 Å². The van der Waals surface area contributed by atoms with Gasteiger partial charge in [-0.15, -0.1) is 0 Å². The van der Waals surface area contributed by atoms with Gasteiger partial charge in [-0.3, -0.25) is 0 Å². The van der Waals surface area contributed by atoms with Crippen LogP contribution in [0.3, 0.4) is 0 Å². The molecule has 0 saturated heterocycles. The van der Waals surface area contributed by atoms with Crippen molar-refractivity contribution < 1.29 is 9.47 Å². The Bertz CT molecular complexity index is 683. The number of benzene rings is 2. The Morgan fingerprint density at radius 2 is 1.68 bits per heavy atom. The summed E-state index contributed by atoms with van der Waals surface area (Å²) in [5, 5.41) is 0. The number of rotatable bonds is 6. The SMILES string of the molecule is Cc1ccc(C)c(OCCOc2cccc(C(N)=S)c2)c1C. The lowest BCUT2D eigenvalue weighted by molar-refractivity contribution is 0.215. The summed E-state index contributed by atoms with van der Waals surface area (Å²) in [6.07, 6.45) is 0. The molecule has 0 spiro atoms. The maximum Gasteiger partial charge on any atom is 0.125 e. The Morgan fingerprint density at radius 3 is 2.41 bits per heavy atom. The van der Waals surface area contributed by atoms with Crippen LogP contribution in [0.5, 0.6) is 11.5 Å². The van der Waals surface area contributed by atoms with Gasteiger partial charge in [0, 0.05) is 5.56 Å². The van der Waals surface area contributed by atoms with Gasteiger partial charge in [0.15, 0.2) is 0 Å². The third kappa shape index (κ3) is 3.98. The van der Waals surface area contributed by atoms with E-state index in [2.05, 4.69) is 26.0 Å². The Kier molecular flexibility index (Phi) is 5.39. The first-order chi connectivity index (χ1) is 10.5. The summed E-state index contributed by atoms with van der Waals surface area (Å²) < 4.78 is 11.6. The molecular formula is C18H21NO2S. The minimum atomic E-state index is 0.368. The zero-order chi connectivity index (χ0) is 16.1. The summed E-state index contributed by atoms with van der Waals surface area (Å²) in [6, 6.07) is 11.6. The van der Waals surface area contributed by atoms with Crippen molar-refractivity contribution in [3.8, 4) is 11.5 Å². The molecule has 0 bridgehead atoms. The van der Waals surface area contributed by atoms with E-state index in [4.69, 9.17) is 27.4 Å². The van der Waals surface area contributed by atoms with Crippen LogP contribution in [0.25, 0.3) is 0 Å². The highest BCUT2D eigenvalue weighted by Crippen LogP contribution is 2.25. The zero-order valence-electron chi connectivity index (χ0n) is 13.2. The van der Waals surface area contributed by atoms with E-state index in [1.165, 1.54) is 11.1 Å². The maximum absolute atomic E-state index is 5.87. The molecule has 4 heteroatoms. The first kappa shape index (κ1) is 16.3. The normalized spacial score (nSPS) is 10.3. The van der Waals surface area contributed by atoms with E-state index < -0.39 is 0 Å². The summed E-state index contributed by atoms with van der Waals surface area (Å²) in [5.74, 6) is 1.69. The van der Waals surface area contributed by atoms with Crippen LogP contribution in [0.1, 0.15) is 22.3 Å². The van der Waals surface area contributed by atoms with Gasteiger partial charge in [0.2, 0.25) is 0 Å². The van der Waals surface area contributed by atoms with Crippen LogP contribution in [-0.4, -0.2) is 18.2 Å². The molecule has 0 heterocycles. The quantitative estimate of drug-likeness (QED) is 0.652. The number of ether oxygens (including phenoxy) is 2. The first-order valence-electron chi connectivity index (χ1n) is 7.21. The summed E-state index contributed by atoms with van der Waals surface area (Å²) in [6.45, 7) is 7.16. The molecule has 2 aromatic carbocycles. The second kappa shape index (κ2) is 7.27. The lowest BCUT2D eigenvalue weighted by Gasteiger charge is -2.14. The summed E-state index contributed by atoms with van der Waals surface area (Å²) in [7, 11) is 0. The number of hydrogen-bond donors (Lipinski definition) is 1. The number of aryl methyl sites for hydroxylation is 2. The van der Waals surface area contributed by atoms with Crippen molar-refractivity contribution in [1.29, 1.82) is 0 Å². The largest absolute Gasteiger partial charge is 0.490 e. The minimum absolute atomic E-state index is 0.368. The van der Waals surface area contributed by atoms with E-state index in [1.807, 2.05) is 31.2 Å². The molecule has 0 aliphatic rings. The second-order valence-corrected chi connectivity index (χ2v) is 5.68. The molecule has 0 saturated carbocycles. The number of hydrogen-bond acceptors (Lipinski definition) is 3. The molecular weight excluding hydrogens is 294 g/mol. The third-order valence-corrected chi connectivity index (χ3v) is 3.83. The smallest absolute Gasteiger partial charge is 0.125 e. The highest BCUT2D eigenvalue weighted by Gasteiger charge is 2.06. The van der Waals surface area contributed by atoms with Crippen molar-refractivity contribution in [1.82, 2.24) is 0 Å². The molecule has 0 aromatic heterocycles. The zero-order valence-corrected chi connectivity index (χ0v) is 14.0. The van der Waals surface area contributed by atoms with E-state index in [-0.39, 0.29) is 0 Å². The Morgan fingerprint density at radius 1 is 1.00 bits per heavy atom. The molecule has 3 nitrogen and oxygen atoms in total. The van der Waals surface area contributed by atoms with Gasteiger partial charge in [-0.2, -0.15) is 0 Å². The van der Waals surface area contributed by atoms with Gasteiger partial charge >= 0.3 is 0 Å². The second-order valence-electron chi connectivity index (χ2n) is 5.24. The van der Waals surface area contributed by atoms with Gasteiger partial charge in [-0.1, -0.05) is 36.5 Å². The van der Waals surface area contributed by atoms with Crippen molar-refractivity contribution in [3.05, 3.63) is 58.7 Å². The molecule has 2 aromatic rings. The third-order valence-electron chi connectivity index (χ3n) is 3.59. The lowest BCUT2D eigenvalue weighted by Crippen LogP contribution is -2.12. The highest BCUT2D eigenvalue weighted by molar-refractivity contribution is 7.80. The molecule has 0 atom stereocenters. The van der Waals surface area contributed by atoms with Crippen molar-refractivity contribution >= 4 is 17.2 Å². The Labute approximate surface area is 137 Å². The van der Waals surface area contributed by atoms with Gasteiger partial charge in [0.05, 0.1) is 0 Å². The van der Waals surface area contributed by atoms with E-state index in [9.17, 15) is 0 Å². The van der Waals surface area contributed by atoms with Crippen molar-refractivity contribution in [2.75, 3.05) is 13.2 Å². The summed E-state index contributed by atoms with van der Waals surface area (Å²) in [4.78, 5) is 0.368. The highest BCUT2D eigenvalue weighted by atomic mass is 32.1. The molecule has 0 unspecified atom stereocenters. The van der Waals surface area contributed by atoms with Crippen LogP contribution < -0.4 is 15.2 Å². The number of thiocarbonyl (C=S) groups is 1. The van der Waals surface area contributed by atoms with Crippen LogP contribution in [-0.2, 0) is 0 Å². The maximum atomic E-state index is 5.87. The summed E-state index contributed by atoms with van der Waals surface area (Å²) >= 11 is 4.96. The predicted molar refractivity (Wildman–Crippen MR) is 94.0 cm³/mol. The topological polar surface area (TPSA) is 44.5 Å². The van der Waals surface area contributed by atoms with Gasteiger partial charge < -0.3 is 15.2 Å². The minimum Gasteiger partial charge on any atom is -0.490 e. The van der Waals surface area contributed by atoms with Crippen LogP contribution in [0, 0.1) is 20.8 Å². The molecule has 2 rings (SSSR count). The Balaban J connectivity index is 1.91. The summed E-state index contributed by atoms with van der Waals surface area (Å²) in [5.41, 5.74) is 9.96. The first-order valence-corrected chi connectivity index (χ1v) is 7.62. The molecule has 116 valence electrons. The molecule has 0 radical (unpaired) electrons. The molecule has 2 N–H and O–H groups in total. The lowest BCUT2D eigenvalue weighted by atomic mass is 10.1. The van der Waals surface area contributed by atoms with E-state index in [0.717, 1.165) is 22.6 Å². The standard InChI is InChI=1S/C18H21NO2S/c1-12-7-8-13(2)17(14(12)3)21-10-9-20-16-6-4-5-15(11-16)18(19)22/h4-8,11H,9-10H2,1-3H3,(H2,19,22). The molecule has 0 aliphatic heterocycles. The fourth-order valence-electron chi connectivity index (χ4n) is 2.19. The van der Waals surface area contributed by atoms with Crippen LogP contribution in [0.15, 0.2) is 36.4 Å². The van der Waals surface area contributed by atoms with Crippen molar-refractivity contribution in [2.45, 2.75) is 20.8 Å². The monoisotopic (exact) mass is 315 g/mol. The molecule has 22 heavy (non-hydrogen) atoms. The predicted octanol–water partition coefficient (Wildman–Crippen LogP) is 3.70. The van der Waals surface area contributed by atoms with Gasteiger partial charge in [0.1, 0.15) is 29.7 Å². The van der Waals surface area contributed by atoms with Gasteiger partial charge in [-0.05, 0) is 49.6 Å². The van der Waals surface area contributed by atoms with E-state index >= 15 is 0 Å². The average Bonchev–Trinajstić information content (AvgIpc) is 2.50. The average molecular weight is 315 g/mol.